The van der Waals surface area contributed by atoms with E-state index in [9.17, 15) is 9.90 Å². The van der Waals surface area contributed by atoms with E-state index in [1.807, 2.05) is 35.0 Å². The minimum absolute atomic E-state index is 0.0367. The van der Waals surface area contributed by atoms with Crippen LogP contribution in [0, 0.1) is 0 Å². The number of rotatable bonds is 5. The maximum absolute atomic E-state index is 11.8. The van der Waals surface area contributed by atoms with Gasteiger partial charge in [0, 0.05) is 23.9 Å². The van der Waals surface area contributed by atoms with E-state index in [4.69, 9.17) is 0 Å². The fourth-order valence-corrected chi connectivity index (χ4v) is 3.42. The summed E-state index contributed by atoms with van der Waals surface area (Å²) in [5.74, 6) is 0.209. The minimum Gasteiger partial charge on any atom is -0.508 e. The first-order chi connectivity index (χ1) is 10.7. The Kier molecular flexibility index (Phi) is 4.50. The van der Waals surface area contributed by atoms with Crippen LogP contribution in [0.1, 0.15) is 14.7 Å². The summed E-state index contributed by atoms with van der Waals surface area (Å²) in [4.78, 5) is 17.1. The minimum atomic E-state index is -0.0367. The van der Waals surface area contributed by atoms with Gasteiger partial charge in [-0.1, -0.05) is 6.07 Å². The fraction of sp³-hybridized carbons (Fsp3) is 0.125. The molecule has 0 spiro atoms. The number of hydrogen-bond acceptors (Lipinski definition) is 5. The molecule has 0 saturated carbocycles. The lowest BCUT2D eigenvalue weighted by Gasteiger charge is -2.01. The van der Waals surface area contributed by atoms with Crippen LogP contribution < -0.4 is 5.32 Å². The normalized spacial score (nSPS) is 10.5. The lowest BCUT2D eigenvalue weighted by molar-refractivity contribution is 0.0958. The van der Waals surface area contributed by atoms with Gasteiger partial charge in [0.2, 0.25) is 0 Å². The van der Waals surface area contributed by atoms with E-state index in [0.29, 0.717) is 13.0 Å². The molecule has 2 aromatic heterocycles. The van der Waals surface area contributed by atoms with Crippen molar-refractivity contribution in [1.82, 2.24) is 10.3 Å². The Labute approximate surface area is 136 Å². The third-order valence-electron chi connectivity index (χ3n) is 3.08. The maximum atomic E-state index is 11.8. The van der Waals surface area contributed by atoms with Crippen molar-refractivity contribution >= 4 is 28.6 Å². The first-order valence-corrected chi connectivity index (χ1v) is 8.54. The predicted molar refractivity (Wildman–Crippen MR) is 89.6 cm³/mol. The molecule has 1 amide bonds. The van der Waals surface area contributed by atoms with Gasteiger partial charge in [0.1, 0.15) is 5.75 Å². The van der Waals surface area contributed by atoms with Gasteiger partial charge in [-0.05, 0) is 35.7 Å². The van der Waals surface area contributed by atoms with Crippen molar-refractivity contribution in [2.45, 2.75) is 6.42 Å². The number of thiazole rings is 1. The molecule has 2 heterocycles. The number of hydrogen-bond donors (Lipinski definition) is 2. The Bertz CT molecular complexity index is 749. The summed E-state index contributed by atoms with van der Waals surface area (Å²) >= 11 is 3.01. The van der Waals surface area contributed by atoms with E-state index >= 15 is 0 Å². The van der Waals surface area contributed by atoms with Crippen molar-refractivity contribution in [1.29, 1.82) is 0 Å². The molecule has 0 aliphatic carbocycles. The molecule has 0 bridgehead atoms. The second-order valence-electron chi connectivity index (χ2n) is 4.66. The van der Waals surface area contributed by atoms with Crippen LogP contribution in [-0.2, 0) is 6.42 Å². The Balaban J connectivity index is 1.56. The van der Waals surface area contributed by atoms with E-state index in [1.54, 1.807) is 23.5 Å². The highest BCUT2D eigenvalue weighted by Gasteiger charge is 2.07. The van der Waals surface area contributed by atoms with Crippen molar-refractivity contribution < 1.29 is 9.90 Å². The number of phenolic OH excluding ortho intramolecular Hbond substituents is 1. The van der Waals surface area contributed by atoms with Crippen molar-refractivity contribution in [3.05, 3.63) is 57.0 Å². The third kappa shape index (κ3) is 3.52. The number of carbonyl (C=O) groups excluding carboxylic acids is 1. The number of amides is 1. The number of carbonyl (C=O) groups is 1. The summed E-state index contributed by atoms with van der Waals surface area (Å²) < 4.78 is 0. The summed E-state index contributed by atoms with van der Waals surface area (Å²) in [7, 11) is 0. The zero-order valence-corrected chi connectivity index (χ0v) is 13.3. The van der Waals surface area contributed by atoms with Crippen LogP contribution in [0.25, 0.3) is 11.3 Å². The molecule has 112 valence electrons. The molecule has 0 saturated heterocycles. The molecule has 1 aromatic carbocycles. The summed E-state index contributed by atoms with van der Waals surface area (Å²) in [5, 5.41) is 17.1. The number of nitrogens with zero attached hydrogens (tertiary/aromatic N) is 1. The highest BCUT2D eigenvalue weighted by Crippen LogP contribution is 2.23. The van der Waals surface area contributed by atoms with Crippen molar-refractivity contribution in [3.8, 4) is 17.0 Å². The van der Waals surface area contributed by atoms with Crippen molar-refractivity contribution in [2.75, 3.05) is 6.54 Å². The van der Waals surface area contributed by atoms with E-state index in [1.165, 1.54) is 11.3 Å². The van der Waals surface area contributed by atoms with E-state index < -0.39 is 0 Å². The summed E-state index contributed by atoms with van der Waals surface area (Å²) in [6, 6.07) is 10.7. The highest BCUT2D eigenvalue weighted by molar-refractivity contribution is 7.12. The van der Waals surface area contributed by atoms with Gasteiger partial charge in [-0.2, -0.15) is 0 Å². The molecule has 4 nitrogen and oxygen atoms in total. The summed E-state index contributed by atoms with van der Waals surface area (Å²) in [5.41, 5.74) is 1.87. The SMILES string of the molecule is O=C(NCCc1nc(-c2ccc(O)cc2)cs1)c1cccs1. The van der Waals surface area contributed by atoms with Crippen LogP contribution in [0.3, 0.4) is 0 Å². The van der Waals surface area contributed by atoms with Gasteiger partial charge >= 0.3 is 0 Å². The molecule has 0 atom stereocenters. The van der Waals surface area contributed by atoms with Gasteiger partial charge in [0.15, 0.2) is 0 Å². The number of aromatic nitrogens is 1. The Morgan fingerprint density at radius 3 is 2.73 bits per heavy atom. The molecule has 6 heteroatoms. The lowest BCUT2D eigenvalue weighted by Crippen LogP contribution is -2.24. The zero-order chi connectivity index (χ0) is 15.4. The van der Waals surface area contributed by atoms with Crippen LogP contribution in [0.15, 0.2) is 47.2 Å². The molecule has 0 unspecified atom stereocenters. The first-order valence-electron chi connectivity index (χ1n) is 6.78. The average Bonchev–Trinajstić information content (AvgIpc) is 3.19. The second kappa shape index (κ2) is 6.72. The monoisotopic (exact) mass is 330 g/mol. The lowest BCUT2D eigenvalue weighted by atomic mass is 10.2. The van der Waals surface area contributed by atoms with Gasteiger partial charge in [-0.25, -0.2) is 4.98 Å². The molecule has 0 fully saturated rings. The van der Waals surface area contributed by atoms with Crippen molar-refractivity contribution in [3.63, 3.8) is 0 Å². The molecule has 0 aliphatic heterocycles. The molecular formula is C16H14N2O2S2. The Morgan fingerprint density at radius 2 is 2.00 bits per heavy atom. The number of thiophene rings is 1. The third-order valence-corrected chi connectivity index (χ3v) is 4.86. The van der Waals surface area contributed by atoms with Gasteiger partial charge in [0.25, 0.3) is 5.91 Å². The van der Waals surface area contributed by atoms with Gasteiger partial charge in [0.05, 0.1) is 15.6 Å². The number of nitrogens with one attached hydrogen (secondary N) is 1. The second-order valence-corrected chi connectivity index (χ2v) is 6.55. The molecular weight excluding hydrogens is 316 g/mol. The Hall–Kier alpha value is -2.18. The van der Waals surface area contributed by atoms with Crippen LogP contribution in [0.5, 0.6) is 5.75 Å². The zero-order valence-electron chi connectivity index (χ0n) is 11.7. The quantitative estimate of drug-likeness (QED) is 0.752. The van der Waals surface area contributed by atoms with Gasteiger partial charge in [-0.15, -0.1) is 22.7 Å². The number of benzene rings is 1. The Morgan fingerprint density at radius 1 is 1.18 bits per heavy atom. The average molecular weight is 330 g/mol. The van der Waals surface area contributed by atoms with Crippen LogP contribution in [0.2, 0.25) is 0 Å². The maximum Gasteiger partial charge on any atom is 0.261 e. The van der Waals surface area contributed by atoms with E-state index in [-0.39, 0.29) is 11.7 Å². The van der Waals surface area contributed by atoms with Crippen molar-refractivity contribution in [2.24, 2.45) is 0 Å². The van der Waals surface area contributed by atoms with Gasteiger partial charge in [-0.3, -0.25) is 4.79 Å². The topological polar surface area (TPSA) is 62.2 Å². The van der Waals surface area contributed by atoms with Crippen LogP contribution in [-0.4, -0.2) is 22.5 Å². The predicted octanol–water partition coefficient (Wildman–Crippen LogP) is 3.55. The molecule has 0 radical (unpaired) electrons. The molecule has 22 heavy (non-hydrogen) atoms. The first kappa shape index (κ1) is 14.7. The molecule has 3 aromatic rings. The summed E-state index contributed by atoms with van der Waals surface area (Å²) in [6.45, 7) is 0.569. The molecule has 3 rings (SSSR count). The summed E-state index contributed by atoms with van der Waals surface area (Å²) in [6.07, 6.45) is 0.708. The van der Waals surface area contributed by atoms with E-state index in [0.717, 1.165) is 21.1 Å². The van der Waals surface area contributed by atoms with Gasteiger partial charge < -0.3 is 10.4 Å². The molecule has 0 aliphatic rings. The molecule has 2 N–H and O–H groups in total. The number of aromatic hydroxyl groups is 1. The smallest absolute Gasteiger partial charge is 0.261 e. The number of phenols is 1. The van der Waals surface area contributed by atoms with Crippen LogP contribution in [0.4, 0.5) is 0 Å². The van der Waals surface area contributed by atoms with E-state index in [2.05, 4.69) is 10.3 Å². The fourth-order valence-electron chi connectivity index (χ4n) is 1.97. The highest BCUT2D eigenvalue weighted by atomic mass is 32.1. The largest absolute Gasteiger partial charge is 0.508 e. The van der Waals surface area contributed by atoms with Crippen LogP contribution >= 0.6 is 22.7 Å². The standard InChI is InChI=1S/C16H14N2O2S2/c19-12-5-3-11(4-6-12)13-10-22-15(18-13)7-8-17-16(20)14-2-1-9-21-14/h1-6,9-10,19H,7-8H2,(H,17,20).